The Morgan fingerprint density at radius 2 is 1.84 bits per heavy atom. The van der Waals surface area contributed by atoms with Gasteiger partial charge in [0, 0.05) is 19.1 Å². The third-order valence-electron chi connectivity index (χ3n) is 4.88. The molecule has 0 saturated carbocycles. The van der Waals surface area contributed by atoms with Gasteiger partial charge in [-0.25, -0.2) is 37.0 Å². The molecule has 3 heterocycles. The van der Waals surface area contributed by atoms with Crippen molar-refractivity contribution in [3.8, 4) is 5.82 Å². The van der Waals surface area contributed by atoms with Crippen LogP contribution in [0, 0.1) is 5.82 Å². The van der Waals surface area contributed by atoms with E-state index in [0.29, 0.717) is 37.4 Å². The lowest BCUT2D eigenvalue weighted by Gasteiger charge is -2.32. The number of carbonyl (C=O) groups is 1. The normalized spacial score (nSPS) is 15.1. The van der Waals surface area contributed by atoms with E-state index in [-0.39, 0.29) is 17.0 Å². The van der Waals surface area contributed by atoms with E-state index in [1.54, 1.807) is 17.0 Å². The molecule has 10 nitrogen and oxygen atoms in total. The van der Waals surface area contributed by atoms with Crippen LogP contribution in [0.1, 0.15) is 12.8 Å². The van der Waals surface area contributed by atoms with E-state index in [4.69, 9.17) is 0 Å². The van der Waals surface area contributed by atoms with Crippen LogP contribution in [-0.4, -0.2) is 58.2 Å². The van der Waals surface area contributed by atoms with Crippen molar-refractivity contribution >= 4 is 21.7 Å². The molecule has 4 rings (SSSR count). The molecule has 2 amide bonds. The summed E-state index contributed by atoms with van der Waals surface area (Å²) in [5.74, 6) is 0.0752. The number of aromatic nitrogens is 4. The van der Waals surface area contributed by atoms with Gasteiger partial charge in [-0.05, 0) is 49.2 Å². The molecule has 0 bridgehead atoms. The number of piperidine rings is 1. The van der Waals surface area contributed by atoms with Crippen LogP contribution in [0.25, 0.3) is 5.82 Å². The van der Waals surface area contributed by atoms with Crippen molar-refractivity contribution in [2.75, 3.05) is 18.4 Å². The number of amides is 2. The van der Waals surface area contributed by atoms with Crippen LogP contribution in [0.15, 0.2) is 60.1 Å². The Morgan fingerprint density at radius 3 is 2.45 bits per heavy atom. The number of anilines is 1. The minimum Gasteiger partial charge on any atom is -0.324 e. The first-order chi connectivity index (χ1) is 14.9. The molecule has 1 saturated heterocycles. The molecule has 0 aliphatic carbocycles. The van der Waals surface area contributed by atoms with Gasteiger partial charge in [0.15, 0.2) is 5.82 Å². The smallest absolute Gasteiger partial charge is 0.321 e. The van der Waals surface area contributed by atoms with E-state index < -0.39 is 15.8 Å². The molecule has 1 aliphatic heterocycles. The first-order valence-corrected chi connectivity index (χ1v) is 11.0. The van der Waals surface area contributed by atoms with Gasteiger partial charge in [-0.1, -0.05) is 0 Å². The number of carbonyl (C=O) groups excluding carboxylic acids is 1. The Bertz CT molecular complexity index is 1130. The summed E-state index contributed by atoms with van der Waals surface area (Å²) in [5.41, 5.74) is 0.535. The molecule has 12 heteroatoms. The third-order valence-corrected chi connectivity index (χ3v) is 6.42. The summed E-state index contributed by atoms with van der Waals surface area (Å²) >= 11 is 0. The number of urea groups is 1. The topological polar surface area (TPSA) is 122 Å². The average Bonchev–Trinajstić information content (AvgIpc) is 3.30. The largest absolute Gasteiger partial charge is 0.324 e. The number of benzene rings is 1. The molecular weight excluding hydrogens is 425 g/mol. The van der Waals surface area contributed by atoms with Gasteiger partial charge in [-0.15, -0.1) is 0 Å². The van der Waals surface area contributed by atoms with Gasteiger partial charge in [-0.3, -0.25) is 0 Å². The summed E-state index contributed by atoms with van der Waals surface area (Å²) in [6.45, 7) is 0.791. The van der Waals surface area contributed by atoms with Gasteiger partial charge in [0.05, 0.1) is 16.8 Å². The lowest BCUT2D eigenvalue weighted by atomic mass is 10.1. The number of hydrogen-bond acceptors (Lipinski definition) is 6. The highest BCUT2D eigenvalue weighted by Crippen LogP contribution is 2.17. The number of rotatable bonds is 5. The van der Waals surface area contributed by atoms with Crippen LogP contribution in [0.5, 0.6) is 0 Å². The van der Waals surface area contributed by atoms with Gasteiger partial charge < -0.3 is 10.2 Å². The molecule has 1 fully saturated rings. The standard InChI is InChI=1S/C19H20FN7O3S/c20-14-1-4-17(5-2-14)31(29,30)25-15-7-9-26(10-8-15)19(28)24-16-3-6-18(22-11-16)27-13-21-12-23-27/h1-6,11-13,15,25H,7-10H2,(H,24,28). The van der Waals surface area contributed by atoms with E-state index in [9.17, 15) is 17.6 Å². The summed E-state index contributed by atoms with van der Waals surface area (Å²) in [6, 6.07) is 7.50. The lowest BCUT2D eigenvalue weighted by Crippen LogP contribution is -2.47. The minimum atomic E-state index is -3.74. The first-order valence-electron chi connectivity index (χ1n) is 9.55. The van der Waals surface area contributed by atoms with Crippen molar-refractivity contribution in [1.29, 1.82) is 0 Å². The zero-order valence-corrected chi connectivity index (χ0v) is 17.2. The highest BCUT2D eigenvalue weighted by atomic mass is 32.2. The van der Waals surface area contributed by atoms with Crippen molar-refractivity contribution in [3.63, 3.8) is 0 Å². The molecule has 0 atom stereocenters. The molecule has 1 aromatic carbocycles. The number of nitrogens with one attached hydrogen (secondary N) is 2. The van der Waals surface area contributed by atoms with Crippen LogP contribution in [0.2, 0.25) is 0 Å². The van der Waals surface area contributed by atoms with Gasteiger partial charge in [-0.2, -0.15) is 5.10 Å². The van der Waals surface area contributed by atoms with Crippen molar-refractivity contribution < 1.29 is 17.6 Å². The number of sulfonamides is 1. The van der Waals surface area contributed by atoms with Crippen molar-refractivity contribution in [2.24, 2.45) is 0 Å². The monoisotopic (exact) mass is 445 g/mol. The Kier molecular flexibility index (Phi) is 5.91. The average molecular weight is 445 g/mol. The molecule has 31 heavy (non-hydrogen) atoms. The first kappa shape index (κ1) is 20.9. The maximum atomic E-state index is 13.0. The quantitative estimate of drug-likeness (QED) is 0.617. The number of pyridine rings is 1. The van der Waals surface area contributed by atoms with Crippen molar-refractivity contribution in [3.05, 3.63) is 61.1 Å². The van der Waals surface area contributed by atoms with Crippen molar-refractivity contribution in [1.82, 2.24) is 29.4 Å². The second-order valence-corrected chi connectivity index (χ2v) is 8.73. The number of likely N-dealkylation sites (tertiary alicyclic amines) is 1. The summed E-state index contributed by atoms with van der Waals surface area (Å²) in [7, 11) is -3.74. The molecule has 2 aromatic heterocycles. The van der Waals surface area contributed by atoms with E-state index >= 15 is 0 Å². The predicted molar refractivity (Wildman–Crippen MR) is 109 cm³/mol. The number of nitrogens with zero attached hydrogens (tertiary/aromatic N) is 5. The fourth-order valence-electron chi connectivity index (χ4n) is 3.23. The number of halogens is 1. The van der Waals surface area contributed by atoms with E-state index in [1.807, 2.05) is 0 Å². The molecule has 3 aromatic rings. The van der Waals surface area contributed by atoms with Crippen LogP contribution in [-0.2, 0) is 10.0 Å². The molecule has 0 unspecified atom stereocenters. The highest BCUT2D eigenvalue weighted by molar-refractivity contribution is 7.89. The van der Waals surface area contributed by atoms with Gasteiger partial charge >= 0.3 is 6.03 Å². The maximum absolute atomic E-state index is 13.0. The summed E-state index contributed by atoms with van der Waals surface area (Å²) in [4.78, 5) is 22.2. The second-order valence-electron chi connectivity index (χ2n) is 7.01. The fourth-order valence-corrected chi connectivity index (χ4v) is 4.53. The summed E-state index contributed by atoms with van der Waals surface area (Å²) < 4.78 is 42.0. The predicted octanol–water partition coefficient (Wildman–Crippen LogP) is 1.78. The van der Waals surface area contributed by atoms with Crippen LogP contribution in [0.4, 0.5) is 14.9 Å². The second kappa shape index (κ2) is 8.78. The molecule has 0 spiro atoms. The lowest BCUT2D eigenvalue weighted by molar-refractivity contribution is 0.193. The Hall–Kier alpha value is -3.38. The summed E-state index contributed by atoms with van der Waals surface area (Å²) in [5, 5.41) is 6.77. The molecule has 1 aliphatic rings. The molecular formula is C19H20FN7O3S. The zero-order chi connectivity index (χ0) is 21.8. The summed E-state index contributed by atoms with van der Waals surface area (Å²) in [6.07, 6.45) is 5.39. The molecule has 0 radical (unpaired) electrons. The Morgan fingerprint density at radius 1 is 1.10 bits per heavy atom. The maximum Gasteiger partial charge on any atom is 0.321 e. The molecule has 2 N–H and O–H groups in total. The van der Waals surface area contributed by atoms with E-state index in [1.165, 1.54) is 35.7 Å². The van der Waals surface area contributed by atoms with Crippen LogP contribution < -0.4 is 10.0 Å². The van der Waals surface area contributed by atoms with Crippen LogP contribution in [0.3, 0.4) is 0 Å². The highest BCUT2D eigenvalue weighted by Gasteiger charge is 2.26. The number of hydrogen-bond donors (Lipinski definition) is 2. The third kappa shape index (κ3) is 5.03. The van der Waals surface area contributed by atoms with Crippen LogP contribution >= 0.6 is 0 Å². The Labute approximate surface area is 178 Å². The van der Waals surface area contributed by atoms with Gasteiger partial charge in [0.1, 0.15) is 18.5 Å². The molecule has 162 valence electrons. The van der Waals surface area contributed by atoms with E-state index in [0.717, 1.165) is 12.1 Å². The zero-order valence-electron chi connectivity index (χ0n) is 16.3. The fraction of sp³-hybridized carbons (Fsp3) is 0.263. The Balaban J connectivity index is 1.29. The SMILES string of the molecule is O=C(Nc1ccc(-n2cncn2)nc1)N1CCC(NS(=O)(=O)c2ccc(F)cc2)CC1. The van der Waals surface area contributed by atoms with Crippen molar-refractivity contribution in [2.45, 2.75) is 23.8 Å². The van der Waals surface area contributed by atoms with Gasteiger partial charge in [0.25, 0.3) is 0 Å². The minimum absolute atomic E-state index is 0.0101. The van der Waals surface area contributed by atoms with Gasteiger partial charge in [0.2, 0.25) is 10.0 Å². The van der Waals surface area contributed by atoms with E-state index in [2.05, 4.69) is 25.1 Å².